The quantitative estimate of drug-likeness (QED) is 0.495. The van der Waals surface area contributed by atoms with Gasteiger partial charge in [0, 0.05) is 36.8 Å². The van der Waals surface area contributed by atoms with E-state index in [1.54, 1.807) is 0 Å². The standard InChI is InChI=1S/C25H28N4O/c1-27-12-7-13-28(15-14-27)18-22-19-29(17-20-8-3-2-4-9-20)26-25(22)24-16-21-10-5-6-11-23(21)30-24/h2-6,8-11,16,19H,7,12-15,17-18H2,1H3. The van der Waals surface area contributed by atoms with Gasteiger partial charge in [-0.1, -0.05) is 48.5 Å². The molecule has 0 N–H and O–H groups in total. The van der Waals surface area contributed by atoms with Crippen LogP contribution in [-0.4, -0.2) is 52.8 Å². The second kappa shape index (κ2) is 8.46. The van der Waals surface area contributed by atoms with E-state index in [0.717, 1.165) is 55.1 Å². The highest BCUT2D eigenvalue weighted by molar-refractivity contribution is 5.82. The third kappa shape index (κ3) is 4.18. The monoisotopic (exact) mass is 400 g/mol. The van der Waals surface area contributed by atoms with Crippen molar-refractivity contribution in [2.75, 3.05) is 33.2 Å². The van der Waals surface area contributed by atoms with Crippen LogP contribution in [0.5, 0.6) is 0 Å². The summed E-state index contributed by atoms with van der Waals surface area (Å²) in [6, 6.07) is 20.8. The molecule has 2 aromatic heterocycles. The van der Waals surface area contributed by atoms with Gasteiger partial charge in [-0.3, -0.25) is 9.58 Å². The summed E-state index contributed by atoms with van der Waals surface area (Å²) >= 11 is 0. The maximum atomic E-state index is 6.19. The highest BCUT2D eigenvalue weighted by atomic mass is 16.3. The van der Waals surface area contributed by atoms with E-state index in [0.29, 0.717) is 0 Å². The topological polar surface area (TPSA) is 37.4 Å². The Bertz CT molecular complexity index is 1080. The van der Waals surface area contributed by atoms with E-state index in [9.17, 15) is 0 Å². The van der Waals surface area contributed by atoms with Gasteiger partial charge in [-0.2, -0.15) is 5.10 Å². The zero-order chi connectivity index (χ0) is 20.3. The van der Waals surface area contributed by atoms with Crippen molar-refractivity contribution < 1.29 is 4.42 Å². The van der Waals surface area contributed by atoms with Crippen LogP contribution in [0.25, 0.3) is 22.4 Å². The minimum atomic E-state index is 0.761. The molecule has 0 amide bonds. The minimum absolute atomic E-state index is 0.761. The number of nitrogens with zero attached hydrogens (tertiary/aromatic N) is 4. The van der Waals surface area contributed by atoms with Gasteiger partial charge in [0.1, 0.15) is 11.3 Å². The summed E-state index contributed by atoms with van der Waals surface area (Å²) in [5.41, 5.74) is 4.35. The normalized spacial score (nSPS) is 16.2. The SMILES string of the molecule is CN1CCCN(Cc2cn(Cc3ccccc3)nc2-c2cc3ccccc3o2)CC1. The molecule has 0 bridgehead atoms. The molecule has 1 saturated heterocycles. The van der Waals surface area contributed by atoms with Gasteiger partial charge in [-0.05, 0) is 44.3 Å². The lowest BCUT2D eigenvalue weighted by molar-refractivity contribution is 0.269. The number of aromatic nitrogens is 2. The lowest BCUT2D eigenvalue weighted by atomic mass is 10.1. The second-order valence-corrected chi connectivity index (χ2v) is 8.27. The number of likely N-dealkylation sites (N-methyl/N-ethyl adjacent to an activating group) is 1. The molecule has 154 valence electrons. The van der Waals surface area contributed by atoms with Crippen LogP contribution in [0.3, 0.4) is 0 Å². The zero-order valence-electron chi connectivity index (χ0n) is 17.5. The fraction of sp³-hybridized carbons (Fsp3) is 0.320. The fourth-order valence-corrected chi connectivity index (χ4v) is 4.23. The Kier molecular flexibility index (Phi) is 5.39. The van der Waals surface area contributed by atoms with Crippen LogP contribution in [0.1, 0.15) is 17.5 Å². The van der Waals surface area contributed by atoms with Gasteiger partial charge in [0.25, 0.3) is 0 Å². The molecule has 1 aliphatic rings. The van der Waals surface area contributed by atoms with Crippen molar-refractivity contribution in [1.29, 1.82) is 0 Å². The van der Waals surface area contributed by atoms with Crippen molar-refractivity contribution >= 4 is 11.0 Å². The van der Waals surface area contributed by atoms with Gasteiger partial charge in [-0.25, -0.2) is 0 Å². The number of hydrogen-bond acceptors (Lipinski definition) is 4. The van der Waals surface area contributed by atoms with E-state index in [-0.39, 0.29) is 0 Å². The van der Waals surface area contributed by atoms with Gasteiger partial charge < -0.3 is 9.32 Å². The summed E-state index contributed by atoms with van der Waals surface area (Å²) in [4.78, 5) is 4.96. The molecule has 4 aromatic rings. The molecule has 0 radical (unpaired) electrons. The molecule has 0 unspecified atom stereocenters. The van der Waals surface area contributed by atoms with Gasteiger partial charge in [0.15, 0.2) is 5.76 Å². The summed E-state index contributed by atoms with van der Waals surface area (Å²) in [7, 11) is 2.21. The lowest BCUT2D eigenvalue weighted by Crippen LogP contribution is -2.28. The Morgan fingerprint density at radius 2 is 1.73 bits per heavy atom. The zero-order valence-corrected chi connectivity index (χ0v) is 17.5. The predicted octanol–water partition coefficient (Wildman–Crippen LogP) is 4.48. The second-order valence-electron chi connectivity index (χ2n) is 8.27. The third-order valence-corrected chi connectivity index (χ3v) is 5.89. The van der Waals surface area contributed by atoms with Crippen LogP contribution >= 0.6 is 0 Å². The van der Waals surface area contributed by atoms with E-state index in [4.69, 9.17) is 9.52 Å². The Hall–Kier alpha value is -2.89. The van der Waals surface area contributed by atoms with E-state index in [1.807, 2.05) is 24.3 Å². The first-order valence-corrected chi connectivity index (χ1v) is 10.7. The van der Waals surface area contributed by atoms with Crippen molar-refractivity contribution in [1.82, 2.24) is 19.6 Å². The smallest absolute Gasteiger partial charge is 0.156 e. The summed E-state index contributed by atoms with van der Waals surface area (Å²) in [6.07, 6.45) is 3.40. The lowest BCUT2D eigenvalue weighted by Gasteiger charge is -2.19. The fourth-order valence-electron chi connectivity index (χ4n) is 4.23. The Balaban J connectivity index is 1.48. The van der Waals surface area contributed by atoms with Crippen molar-refractivity contribution in [3.05, 3.63) is 78.0 Å². The number of hydrogen-bond donors (Lipinski definition) is 0. The number of para-hydroxylation sites is 1. The van der Waals surface area contributed by atoms with Crippen LogP contribution in [0.15, 0.2) is 71.3 Å². The van der Waals surface area contributed by atoms with Crippen LogP contribution in [-0.2, 0) is 13.1 Å². The molecule has 1 fully saturated rings. The number of furan rings is 1. The van der Waals surface area contributed by atoms with Crippen LogP contribution in [0.4, 0.5) is 0 Å². The van der Waals surface area contributed by atoms with Gasteiger partial charge in [-0.15, -0.1) is 0 Å². The largest absolute Gasteiger partial charge is 0.454 e. The molecule has 5 heteroatoms. The van der Waals surface area contributed by atoms with E-state index < -0.39 is 0 Å². The molecule has 0 aliphatic carbocycles. The number of benzene rings is 2. The highest BCUT2D eigenvalue weighted by Crippen LogP contribution is 2.30. The molecule has 2 aromatic carbocycles. The maximum absolute atomic E-state index is 6.19. The molecular formula is C25H28N4O. The molecule has 0 spiro atoms. The molecule has 3 heterocycles. The van der Waals surface area contributed by atoms with Crippen LogP contribution in [0.2, 0.25) is 0 Å². The predicted molar refractivity (Wildman–Crippen MR) is 120 cm³/mol. The highest BCUT2D eigenvalue weighted by Gasteiger charge is 2.19. The maximum Gasteiger partial charge on any atom is 0.156 e. The molecule has 5 rings (SSSR count). The van der Waals surface area contributed by atoms with Crippen molar-refractivity contribution in [2.24, 2.45) is 0 Å². The summed E-state index contributed by atoms with van der Waals surface area (Å²) in [5, 5.41) is 6.08. The van der Waals surface area contributed by atoms with Crippen LogP contribution < -0.4 is 0 Å². The van der Waals surface area contributed by atoms with Gasteiger partial charge >= 0.3 is 0 Å². The van der Waals surface area contributed by atoms with Gasteiger partial charge in [0.2, 0.25) is 0 Å². The first-order valence-electron chi connectivity index (χ1n) is 10.7. The summed E-state index contributed by atoms with van der Waals surface area (Å²) in [6.45, 7) is 6.14. The van der Waals surface area contributed by atoms with E-state index in [2.05, 4.69) is 64.1 Å². The van der Waals surface area contributed by atoms with Crippen LogP contribution in [0, 0.1) is 0 Å². The number of rotatable bonds is 5. The Morgan fingerprint density at radius 3 is 2.60 bits per heavy atom. The molecule has 0 saturated carbocycles. The van der Waals surface area contributed by atoms with Crippen molar-refractivity contribution in [3.8, 4) is 11.5 Å². The van der Waals surface area contributed by atoms with E-state index in [1.165, 1.54) is 24.1 Å². The molecule has 5 nitrogen and oxygen atoms in total. The van der Waals surface area contributed by atoms with E-state index >= 15 is 0 Å². The Morgan fingerprint density at radius 1 is 0.900 bits per heavy atom. The summed E-state index contributed by atoms with van der Waals surface area (Å²) in [5.74, 6) is 0.852. The summed E-state index contributed by atoms with van der Waals surface area (Å²) < 4.78 is 8.24. The minimum Gasteiger partial charge on any atom is -0.454 e. The average Bonchev–Trinajstić information content (AvgIpc) is 3.30. The molecular weight excluding hydrogens is 372 g/mol. The van der Waals surface area contributed by atoms with Crippen molar-refractivity contribution in [3.63, 3.8) is 0 Å². The Labute approximate surface area is 177 Å². The molecule has 1 aliphatic heterocycles. The molecule has 30 heavy (non-hydrogen) atoms. The molecule has 0 atom stereocenters. The van der Waals surface area contributed by atoms with Gasteiger partial charge in [0.05, 0.1) is 6.54 Å². The number of fused-ring (bicyclic) bond motifs is 1. The third-order valence-electron chi connectivity index (χ3n) is 5.89. The first kappa shape index (κ1) is 19.1. The van der Waals surface area contributed by atoms with Crippen molar-refractivity contribution in [2.45, 2.75) is 19.5 Å². The average molecular weight is 401 g/mol. The first-order chi connectivity index (χ1) is 14.7.